The lowest BCUT2D eigenvalue weighted by Gasteiger charge is -2.06. The van der Waals surface area contributed by atoms with E-state index in [1.54, 1.807) is 0 Å². The van der Waals surface area contributed by atoms with Gasteiger partial charge in [0.25, 0.3) is 0 Å². The van der Waals surface area contributed by atoms with Crippen LogP contribution in [0.15, 0.2) is 11.6 Å². The summed E-state index contributed by atoms with van der Waals surface area (Å²) in [6.45, 7) is 6.87. The molecule has 0 atom stereocenters. The molecular formula is C9H17ClO. The summed E-state index contributed by atoms with van der Waals surface area (Å²) in [6, 6.07) is 0. The Morgan fingerprint density at radius 2 is 2.18 bits per heavy atom. The number of allylic oxidation sites excluding steroid dienone is 1. The van der Waals surface area contributed by atoms with E-state index in [4.69, 9.17) is 16.3 Å². The standard InChI is InChI=1S/C9H17ClO/c1-8(2)11-7-9(3)5-4-6-10/h5,8H,4,6-7H2,1-3H3. The zero-order chi connectivity index (χ0) is 8.69. The van der Waals surface area contributed by atoms with E-state index in [-0.39, 0.29) is 0 Å². The molecule has 0 saturated heterocycles. The maximum absolute atomic E-state index is 5.52. The van der Waals surface area contributed by atoms with Crippen LogP contribution >= 0.6 is 11.6 Å². The lowest BCUT2D eigenvalue weighted by molar-refractivity contribution is 0.0972. The van der Waals surface area contributed by atoms with Crippen molar-refractivity contribution in [3.63, 3.8) is 0 Å². The third kappa shape index (κ3) is 7.89. The monoisotopic (exact) mass is 176 g/mol. The number of ether oxygens (including phenoxy) is 1. The van der Waals surface area contributed by atoms with E-state index in [1.165, 1.54) is 5.57 Å². The highest BCUT2D eigenvalue weighted by molar-refractivity contribution is 6.17. The number of hydrogen-bond acceptors (Lipinski definition) is 1. The van der Waals surface area contributed by atoms with Gasteiger partial charge in [-0.25, -0.2) is 0 Å². The largest absolute Gasteiger partial charge is 0.374 e. The van der Waals surface area contributed by atoms with Crippen LogP contribution < -0.4 is 0 Å². The maximum atomic E-state index is 5.52. The molecule has 0 aliphatic rings. The molecule has 0 rings (SSSR count). The normalized spacial score (nSPS) is 12.6. The highest BCUT2D eigenvalue weighted by atomic mass is 35.5. The van der Waals surface area contributed by atoms with E-state index >= 15 is 0 Å². The van der Waals surface area contributed by atoms with Crippen LogP contribution in [0.1, 0.15) is 27.2 Å². The number of rotatable bonds is 5. The van der Waals surface area contributed by atoms with Gasteiger partial charge in [0.2, 0.25) is 0 Å². The highest BCUT2D eigenvalue weighted by Crippen LogP contribution is 1.99. The third-order valence-electron chi connectivity index (χ3n) is 1.25. The number of alkyl halides is 1. The first-order chi connectivity index (χ1) is 5.16. The molecule has 0 saturated carbocycles. The summed E-state index contributed by atoms with van der Waals surface area (Å²) in [7, 11) is 0. The van der Waals surface area contributed by atoms with Crippen LogP contribution in [0.3, 0.4) is 0 Å². The van der Waals surface area contributed by atoms with E-state index in [2.05, 4.69) is 13.0 Å². The lowest BCUT2D eigenvalue weighted by atomic mass is 10.2. The second-order valence-electron chi connectivity index (χ2n) is 2.89. The molecule has 0 unspecified atom stereocenters. The Morgan fingerprint density at radius 1 is 1.55 bits per heavy atom. The second kappa shape index (κ2) is 6.68. The summed E-state index contributed by atoms with van der Waals surface area (Å²) in [6.07, 6.45) is 3.37. The fourth-order valence-corrected chi connectivity index (χ4v) is 0.767. The van der Waals surface area contributed by atoms with Gasteiger partial charge in [-0.2, -0.15) is 0 Å². The van der Waals surface area contributed by atoms with Crippen molar-refractivity contribution in [2.24, 2.45) is 0 Å². The zero-order valence-electron chi connectivity index (χ0n) is 7.56. The zero-order valence-corrected chi connectivity index (χ0v) is 8.32. The number of hydrogen-bond donors (Lipinski definition) is 0. The van der Waals surface area contributed by atoms with Gasteiger partial charge in [0.15, 0.2) is 0 Å². The molecule has 11 heavy (non-hydrogen) atoms. The van der Waals surface area contributed by atoms with E-state index < -0.39 is 0 Å². The Morgan fingerprint density at radius 3 is 2.64 bits per heavy atom. The van der Waals surface area contributed by atoms with Gasteiger partial charge in [0, 0.05) is 5.88 Å². The van der Waals surface area contributed by atoms with Gasteiger partial charge in [0.1, 0.15) is 0 Å². The van der Waals surface area contributed by atoms with Gasteiger partial charge >= 0.3 is 0 Å². The Kier molecular flexibility index (Phi) is 6.68. The topological polar surface area (TPSA) is 9.23 Å². The highest BCUT2D eigenvalue weighted by Gasteiger charge is 1.93. The molecule has 0 aromatic heterocycles. The molecule has 66 valence electrons. The second-order valence-corrected chi connectivity index (χ2v) is 3.27. The minimum Gasteiger partial charge on any atom is -0.374 e. The molecule has 0 aromatic carbocycles. The molecule has 0 spiro atoms. The Labute approximate surface area is 74.4 Å². The first kappa shape index (κ1) is 11.0. The smallest absolute Gasteiger partial charge is 0.0677 e. The van der Waals surface area contributed by atoms with Crippen molar-refractivity contribution >= 4 is 11.6 Å². The first-order valence-electron chi connectivity index (χ1n) is 4.00. The lowest BCUT2D eigenvalue weighted by Crippen LogP contribution is -2.04. The molecule has 0 bridgehead atoms. The van der Waals surface area contributed by atoms with E-state index in [9.17, 15) is 0 Å². The Balaban J connectivity index is 3.42. The van der Waals surface area contributed by atoms with Crippen LogP contribution in [-0.4, -0.2) is 18.6 Å². The van der Waals surface area contributed by atoms with Crippen LogP contribution in [0.2, 0.25) is 0 Å². The van der Waals surface area contributed by atoms with Gasteiger partial charge in [-0.05, 0) is 27.2 Å². The molecular weight excluding hydrogens is 160 g/mol. The SMILES string of the molecule is CC(=CCCCl)COC(C)C. The summed E-state index contributed by atoms with van der Waals surface area (Å²) in [5.41, 5.74) is 1.26. The van der Waals surface area contributed by atoms with Crippen molar-refractivity contribution in [1.82, 2.24) is 0 Å². The Bertz CT molecular complexity index is 119. The van der Waals surface area contributed by atoms with Crippen LogP contribution in [0.25, 0.3) is 0 Å². The van der Waals surface area contributed by atoms with Crippen LogP contribution in [0, 0.1) is 0 Å². The molecule has 0 aliphatic heterocycles. The van der Waals surface area contributed by atoms with Crippen LogP contribution in [-0.2, 0) is 4.74 Å². The Hall–Kier alpha value is -0.0100. The van der Waals surface area contributed by atoms with Gasteiger partial charge in [-0.1, -0.05) is 11.6 Å². The van der Waals surface area contributed by atoms with Crippen LogP contribution in [0.5, 0.6) is 0 Å². The first-order valence-corrected chi connectivity index (χ1v) is 4.53. The molecule has 0 heterocycles. The van der Waals surface area contributed by atoms with Crippen molar-refractivity contribution < 1.29 is 4.74 Å². The summed E-state index contributed by atoms with van der Waals surface area (Å²) in [5.74, 6) is 0.693. The minimum atomic E-state index is 0.314. The van der Waals surface area contributed by atoms with Crippen molar-refractivity contribution in [3.05, 3.63) is 11.6 Å². The van der Waals surface area contributed by atoms with Crippen molar-refractivity contribution in [1.29, 1.82) is 0 Å². The van der Waals surface area contributed by atoms with Crippen molar-refractivity contribution in [2.75, 3.05) is 12.5 Å². The molecule has 1 nitrogen and oxygen atoms in total. The fraction of sp³-hybridized carbons (Fsp3) is 0.778. The molecule has 0 fully saturated rings. The van der Waals surface area contributed by atoms with E-state index in [0.717, 1.165) is 13.0 Å². The van der Waals surface area contributed by atoms with Crippen LogP contribution in [0.4, 0.5) is 0 Å². The predicted octanol–water partition coefficient (Wildman–Crippen LogP) is 2.99. The summed E-state index contributed by atoms with van der Waals surface area (Å²) in [5, 5.41) is 0. The molecule has 0 amide bonds. The van der Waals surface area contributed by atoms with Gasteiger partial charge < -0.3 is 4.74 Å². The average molecular weight is 177 g/mol. The van der Waals surface area contributed by atoms with Gasteiger partial charge in [-0.15, -0.1) is 11.6 Å². The third-order valence-corrected chi connectivity index (χ3v) is 1.46. The van der Waals surface area contributed by atoms with E-state index in [1.807, 2.05) is 13.8 Å². The maximum Gasteiger partial charge on any atom is 0.0677 e. The summed E-state index contributed by atoms with van der Waals surface area (Å²) in [4.78, 5) is 0. The molecule has 0 aliphatic carbocycles. The molecule has 0 N–H and O–H groups in total. The summed E-state index contributed by atoms with van der Waals surface area (Å²) >= 11 is 5.52. The van der Waals surface area contributed by atoms with Crippen molar-refractivity contribution in [2.45, 2.75) is 33.3 Å². The number of halogens is 1. The van der Waals surface area contributed by atoms with Gasteiger partial charge in [0.05, 0.1) is 12.7 Å². The van der Waals surface area contributed by atoms with Crippen molar-refractivity contribution in [3.8, 4) is 0 Å². The fourth-order valence-electron chi connectivity index (χ4n) is 0.658. The average Bonchev–Trinajstić information content (AvgIpc) is 1.97. The van der Waals surface area contributed by atoms with E-state index in [0.29, 0.717) is 12.0 Å². The molecule has 0 aromatic rings. The molecule has 0 radical (unpaired) electrons. The molecule has 2 heteroatoms. The minimum absolute atomic E-state index is 0.314. The quantitative estimate of drug-likeness (QED) is 0.462. The van der Waals surface area contributed by atoms with Gasteiger partial charge in [-0.3, -0.25) is 0 Å². The predicted molar refractivity (Wildman–Crippen MR) is 50.2 cm³/mol. The summed E-state index contributed by atoms with van der Waals surface area (Å²) < 4.78 is 5.39.